The van der Waals surface area contributed by atoms with Gasteiger partial charge in [-0.3, -0.25) is 0 Å². The zero-order valence-corrected chi connectivity index (χ0v) is 17.1. The molecule has 1 heterocycles. The zero-order chi connectivity index (χ0) is 19.7. The molecule has 0 saturated carbocycles. The van der Waals surface area contributed by atoms with Crippen LogP contribution in [0.3, 0.4) is 0 Å². The Morgan fingerprint density at radius 2 is 1.56 bits per heavy atom. The molecule has 0 radical (unpaired) electrons. The van der Waals surface area contributed by atoms with Crippen molar-refractivity contribution in [3.05, 3.63) is 54.1 Å². The molecule has 1 aliphatic heterocycles. The van der Waals surface area contributed by atoms with Crippen LogP contribution in [0.2, 0.25) is 0 Å². The monoisotopic (exact) mass is 368 g/mol. The fourth-order valence-corrected chi connectivity index (χ4v) is 3.12. The Balaban J connectivity index is 1.83. The fourth-order valence-electron chi connectivity index (χ4n) is 3.12. The normalized spacial score (nSPS) is 19.0. The molecule has 0 amide bonds. The van der Waals surface area contributed by atoms with Gasteiger partial charge < -0.3 is 18.8 Å². The molecule has 4 nitrogen and oxygen atoms in total. The topological polar surface area (TPSA) is 36.9 Å². The van der Waals surface area contributed by atoms with Gasteiger partial charge in [0.1, 0.15) is 6.10 Å². The van der Waals surface area contributed by atoms with E-state index in [1.54, 1.807) is 7.11 Å². The molecule has 1 saturated heterocycles. The molecule has 0 aliphatic carbocycles. The molecular weight excluding hydrogens is 339 g/mol. The third kappa shape index (κ3) is 3.99. The first-order valence-electron chi connectivity index (χ1n) is 9.52. The highest BCUT2D eigenvalue weighted by atomic mass is 16.7. The van der Waals surface area contributed by atoms with Gasteiger partial charge in [0.05, 0.1) is 18.3 Å². The molecule has 0 N–H and O–H groups in total. The summed E-state index contributed by atoms with van der Waals surface area (Å²) in [4.78, 5) is 0. The number of benzene rings is 2. The Hall–Kier alpha value is -1.98. The van der Waals surface area contributed by atoms with Gasteiger partial charge in [-0.2, -0.15) is 0 Å². The van der Waals surface area contributed by atoms with Crippen LogP contribution in [0, 0.1) is 0 Å². The quantitative estimate of drug-likeness (QED) is 0.703. The van der Waals surface area contributed by atoms with E-state index in [4.69, 9.17) is 18.8 Å². The Morgan fingerprint density at radius 1 is 0.926 bits per heavy atom. The lowest BCUT2D eigenvalue weighted by molar-refractivity contribution is 0.00578. The van der Waals surface area contributed by atoms with Crippen LogP contribution in [-0.2, 0) is 9.31 Å². The van der Waals surface area contributed by atoms with Crippen LogP contribution in [-0.4, -0.2) is 25.4 Å². The number of hydrogen-bond acceptors (Lipinski definition) is 4. The maximum atomic E-state index is 6.26. The maximum Gasteiger partial charge on any atom is 0.494 e. The summed E-state index contributed by atoms with van der Waals surface area (Å²) in [5.74, 6) is 1.39. The Kier molecular flexibility index (Phi) is 5.54. The lowest BCUT2D eigenvalue weighted by Gasteiger charge is -2.32. The SMILES string of the molecule is CCC(Oc1ccc(B2OC(C)(C)C(C)(C)O2)cc1OC)c1ccccc1. The van der Waals surface area contributed by atoms with E-state index in [2.05, 4.69) is 19.1 Å². The Labute approximate surface area is 162 Å². The summed E-state index contributed by atoms with van der Waals surface area (Å²) in [5, 5.41) is 0. The van der Waals surface area contributed by atoms with Gasteiger partial charge in [-0.05, 0) is 57.3 Å². The lowest BCUT2D eigenvalue weighted by atomic mass is 9.79. The smallest absolute Gasteiger partial charge is 0.493 e. The second-order valence-electron chi connectivity index (χ2n) is 7.92. The molecule has 2 aromatic rings. The van der Waals surface area contributed by atoms with Crippen LogP contribution < -0.4 is 14.9 Å². The van der Waals surface area contributed by atoms with Crippen LogP contribution in [0.25, 0.3) is 0 Å². The lowest BCUT2D eigenvalue weighted by Crippen LogP contribution is -2.41. The molecule has 2 aromatic carbocycles. The van der Waals surface area contributed by atoms with E-state index < -0.39 is 7.12 Å². The number of methoxy groups -OCH3 is 1. The molecular formula is C22H29BO4. The van der Waals surface area contributed by atoms with Crippen LogP contribution in [0.5, 0.6) is 11.5 Å². The van der Waals surface area contributed by atoms with Gasteiger partial charge in [-0.15, -0.1) is 0 Å². The average molecular weight is 368 g/mol. The van der Waals surface area contributed by atoms with E-state index in [0.717, 1.165) is 17.4 Å². The zero-order valence-electron chi connectivity index (χ0n) is 17.1. The first-order valence-corrected chi connectivity index (χ1v) is 9.52. The van der Waals surface area contributed by atoms with Crippen LogP contribution in [0.1, 0.15) is 52.7 Å². The summed E-state index contributed by atoms with van der Waals surface area (Å²) in [6.45, 7) is 10.3. The summed E-state index contributed by atoms with van der Waals surface area (Å²) in [6, 6.07) is 16.1. The van der Waals surface area contributed by atoms with Crippen molar-refractivity contribution in [2.24, 2.45) is 0 Å². The number of rotatable bonds is 6. The molecule has 1 aliphatic rings. The van der Waals surface area contributed by atoms with Gasteiger partial charge in [0.15, 0.2) is 11.5 Å². The summed E-state index contributed by atoms with van der Waals surface area (Å²) in [5.41, 5.74) is 1.32. The standard InChI is InChI=1S/C22H29BO4/c1-7-18(16-11-9-8-10-12-16)25-19-14-13-17(15-20(19)24-6)23-26-21(2,3)22(4,5)27-23/h8-15,18H,7H2,1-6H3. The van der Waals surface area contributed by atoms with E-state index in [9.17, 15) is 0 Å². The van der Waals surface area contributed by atoms with Crippen molar-refractivity contribution in [2.75, 3.05) is 7.11 Å². The molecule has 5 heteroatoms. The molecule has 0 aromatic heterocycles. The molecule has 0 spiro atoms. The van der Waals surface area contributed by atoms with Gasteiger partial charge in [0, 0.05) is 0 Å². The molecule has 27 heavy (non-hydrogen) atoms. The predicted octanol–water partition coefficient (Wildman–Crippen LogP) is 4.52. The van der Waals surface area contributed by atoms with E-state index in [-0.39, 0.29) is 17.3 Å². The first kappa shape index (κ1) is 19.8. The average Bonchev–Trinajstić information content (AvgIpc) is 2.87. The van der Waals surface area contributed by atoms with Gasteiger partial charge >= 0.3 is 7.12 Å². The van der Waals surface area contributed by atoms with Gasteiger partial charge in [-0.1, -0.05) is 43.3 Å². The first-order chi connectivity index (χ1) is 12.8. The summed E-state index contributed by atoms with van der Waals surface area (Å²) >= 11 is 0. The third-order valence-electron chi connectivity index (χ3n) is 5.52. The highest BCUT2D eigenvalue weighted by Crippen LogP contribution is 2.37. The van der Waals surface area contributed by atoms with Crippen LogP contribution >= 0.6 is 0 Å². The van der Waals surface area contributed by atoms with Crippen molar-refractivity contribution in [3.8, 4) is 11.5 Å². The Bertz CT molecular complexity index is 757. The molecule has 1 atom stereocenters. The predicted molar refractivity (Wildman–Crippen MR) is 109 cm³/mol. The highest BCUT2D eigenvalue weighted by molar-refractivity contribution is 6.62. The van der Waals surface area contributed by atoms with Crippen LogP contribution in [0.15, 0.2) is 48.5 Å². The second kappa shape index (κ2) is 7.57. The molecule has 3 rings (SSSR count). The van der Waals surface area contributed by atoms with Gasteiger partial charge in [-0.25, -0.2) is 0 Å². The number of ether oxygens (including phenoxy) is 2. The summed E-state index contributed by atoms with van der Waals surface area (Å²) in [6.07, 6.45) is 0.842. The van der Waals surface area contributed by atoms with Crippen molar-refractivity contribution in [1.29, 1.82) is 0 Å². The summed E-state index contributed by atoms with van der Waals surface area (Å²) < 4.78 is 24.1. The molecule has 1 fully saturated rings. The fraction of sp³-hybridized carbons (Fsp3) is 0.455. The van der Waals surface area contributed by atoms with Crippen molar-refractivity contribution in [1.82, 2.24) is 0 Å². The third-order valence-corrected chi connectivity index (χ3v) is 5.52. The minimum absolute atomic E-state index is 0.0252. The highest BCUT2D eigenvalue weighted by Gasteiger charge is 2.51. The van der Waals surface area contributed by atoms with E-state index in [1.165, 1.54) is 0 Å². The minimum atomic E-state index is -0.422. The largest absolute Gasteiger partial charge is 0.494 e. The second-order valence-corrected chi connectivity index (χ2v) is 7.92. The molecule has 144 valence electrons. The molecule has 1 unspecified atom stereocenters. The molecule has 0 bridgehead atoms. The van der Waals surface area contributed by atoms with Crippen molar-refractivity contribution in [2.45, 2.75) is 58.3 Å². The minimum Gasteiger partial charge on any atom is -0.493 e. The van der Waals surface area contributed by atoms with Gasteiger partial charge in [0.25, 0.3) is 0 Å². The van der Waals surface area contributed by atoms with Crippen LogP contribution in [0.4, 0.5) is 0 Å². The van der Waals surface area contributed by atoms with E-state index >= 15 is 0 Å². The Morgan fingerprint density at radius 3 is 2.11 bits per heavy atom. The van der Waals surface area contributed by atoms with Crippen molar-refractivity contribution in [3.63, 3.8) is 0 Å². The van der Waals surface area contributed by atoms with E-state index in [1.807, 2.05) is 64.1 Å². The van der Waals surface area contributed by atoms with Gasteiger partial charge in [0.2, 0.25) is 0 Å². The van der Waals surface area contributed by atoms with Crippen molar-refractivity contribution < 1.29 is 18.8 Å². The maximum absolute atomic E-state index is 6.26. The number of hydrogen-bond donors (Lipinski definition) is 0. The van der Waals surface area contributed by atoms with E-state index in [0.29, 0.717) is 11.5 Å². The summed E-state index contributed by atoms with van der Waals surface area (Å²) in [7, 11) is 1.23. The van der Waals surface area contributed by atoms with Crippen molar-refractivity contribution >= 4 is 12.6 Å².